The van der Waals surface area contributed by atoms with E-state index in [0.717, 1.165) is 28.1 Å². The van der Waals surface area contributed by atoms with Crippen molar-refractivity contribution in [2.45, 2.75) is 52.1 Å². The van der Waals surface area contributed by atoms with Crippen LogP contribution in [-0.2, 0) is 11.3 Å². The Hall–Kier alpha value is -3.18. The molecule has 2 aromatic carbocycles. The third-order valence-corrected chi connectivity index (χ3v) is 5.44. The van der Waals surface area contributed by atoms with Crippen LogP contribution in [0.1, 0.15) is 68.0 Å². The molecule has 0 saturated heterocycles. The lowest BCUT2D eigenvalue weighted by molar-refractivity contribution is 0.147. The highest BCUT2D eigenvalue weighted by Crippen LogP contribution is 2.32. The number of aromatic nitrogens is 1. The molecule has 0 saturated carbocycles. The van der Waals surface area contributed by atoms with E-state index in [2.05, 4.69) is 55.4 Å². The fourth-order valence-corrected chi connectivity index (χ4v) is 3.68. The molecule has 168 valence electrons. The second-order valence-corrected chi connectivity index (χ2v) is 8.51. The lowest BCUT2D eigenvalue weighted by Crippen LogP contribution is -2.28. The van der Waals surface area contributed by atoms with Gasteiger partial charge in [-0.05, 0) is 40.7 Å². The summed E-state index contributed by atoms with van der Waals surface area (Å²) in [7, 11) is 0. The number of ether oxygens (including phenoxy) is 1. The molecule has 1 atom stereocenters. The van der Waals surface area contributed by atoms with E-state index in [4.69, 9.17) is 4.74 Å². The van der Waals surface area contributed by atoms with E-state index in [1.807, 2.05) is 54.6 Å². The molecule has 5 heteroatoms. The van der Waals surface area contributed by atoms with Crippen LogP contribution in [0.2, 0.25) is 0 Å². The van der Waals surface area contributed by atoms with Crippen LogP contribution in [0.15, 0.2) is 72.9 Å². The maximum absolute atomic E-state index is 12.8. The van der Waals surface area contributed by atoms with Crippen LogP contribution in [0.25, 0.3) is 0 Å². The lowest BCUT2D eigenvalue weighted by Gasteiger charge is -2.22. The topological polar surface area (TPSA) is 63.2 Å². The fourth-order valence-electron chi connectivity index (χ4n) is 3.68. The molecular formula is C27H33N3O2. The SMILES string of the molecule is CC(C)c1cccc(C(C)C)c1NC(=O)OCC(NCc1ccccn1)c1ccccc1. The third-order valence-electron chi connectivity index (χ3n) is 5.44. The number of benzene rings is 2. The second-order valence-electron chi connectivity index (χ2n) is 8.51. The van der Waals surface area contributed by atoms with Crippen LogP contribution in [0.4, 0.5) is 10.5 Å². The Morgan fingerprint density at radius 3 is 2.12 bits per heavy atom. The molecule has 1 amide bonds. The summed E-state index contributed by atoms with van der Waals surface area (Å²) in [5.74, 6) is 0.585. The van der Waals surface area contributed by atoms with Crippen molar-refractivity contribution in [2.24, 2.45) is 0 Å². The maximum Gasteiger partial charge on any atom is 0.411 e. The standard InChI is InChI=1S/C27H33N3O2/c1-19(2)23-14-10-15-24(20(3)4)26(23)30-27(31)32-18-25(21-11-6-5-7-12-21)29-17-22-13-8-9-16-28-22/h5-16,19-20,25,29H,17-18H2,1-4H3,(H,30,31). The van der Waals surface area contributed by atoms with Crippen molar-refractivity contribution in [3.05, 3.63) is 95.3 Å². The Kier molecular flexibility index (Phi) is 8.40. The molecule has 1 heterocycles. The number of carbonyl (C=O) groups is 1. The van der Waals surface area contributed by atoms with Crippen molar-refractivity contribution in [1.82, 2.24) is 10.3 Å². The highest BCUT2D eigenvalue weighted by atomic mass is 16.5. The zero-order chi connectivity index (χ0) is 22.9. The van der Waals surface area contributed by atoms with Gasteiger partial charge in [0.05, 0.1) is 17.4 Å². The van der Waals surface area contributed by atoms with E-state index in [9.17, 15) is 4.79 Å². The summed E-state index contributed by atoms with van der Waals surface area (Å²) < 4.78 is 5.69. The zero-order valence-electron chi connectivity index (χ0n) is 19.3. The molecule has 0 bridgehead atoms. The molecule has 3 rings (SSSR count). The first kappa shape index (κ1) is 23.5. The van der Waals surface area contributed by atoms with Crippen LogP contribution < -0.4 is 10.6 Å². The highest BCUT2D eigenvalue weighted by Gasteiger charge is 2.18. The smallest absolute Gasteiger partial charge is 0.411 e. The number of anilines is 1. The average Bonchev–Trinajstić information content (AvgIpc) is 2.80. The van der Waals surface area contributed by atoms with Crippen molar-refractivity contribution >= 4 is 11.8 Å². The number of pyridine rings is 1. The van der Waals surface area contributed by atoms with Crippen molar-refractivity contribution in [3.8, 4) is 0 Å². The minimum Gasteiger partial charge on any atom is -0.447 e. The van der Waals surface area contributed by atoms with Crippen molar-refractivity contribution in [2.75, 3.05) is 11.9 Å². The Morgan fingerprint density at radius 1 is 0.875 bits per heavy atom. The Morgan fingerprint density at radius 2 is 1.53 bits per heavy atom. The van der Waals surface area contributed by atoms with Crippen LogP contribution >= 0.6 is 0 Å². The lowest BCUT2D eigenvalue weighted by atomic mass is 9.93. The molecule has 5 nitrogen and oxygen atoms in total. The molecule has 1 unspecified atom stereocenters. The molecule has 0 aliphatic rings. The van der Waals surface area contributed by atoms with Crippen molar-refractivity contribution in [1.29, 1.82) is 0 Å². The molecule has 0 radical (unpaired) electrons. The summed E-state index contributed by atoms with van der Waals surface area (Å²) in [6.07, 6.45) is 1.33. The van der Waals surface area contributed by atoms with Crippen LogP contribution in [0.3, 0.4) is 0 Å². The van der Waals surface area contributed by atoms with Gasteiger partial charge >= 0.3 is 6.09 Å². The Balaban J connectivity index is 1.70. The fraction of sp³-hybridized carbons (Fsp3) is 0.333. The highest BCUT2D eigenvalue weighted by molar-refractivity contribution is 5.87. The summed E-state index contributed by atoms with van der Waals surface area (Å²) in [5.41, 5.74) is 5.08. The summed E-state index contributed by atoms with van der Waals surface area (Å²) in [6, 6.07) is 21.9. The monoisotopic (exact) mass is 431 g/mol. The first-order valence-corrected chi connectivity index (χ1v) is 11.2. The molecule has 32 heavy (non-hydrogen) atoms. The van der Waals surface area contributed by atoms with E-state index < -0.39 is 6.09 Å². The van der Waals surface area contributed by atoms with Crippen LogP contribution in [0.5, 0.6) is 0 Å². The van der Waals surface area contributed by atoms with E-state index in [1.165, 1.54) is 0 Å². The molecule has 2 N–H and O–H groups in total. The largest absolute Gasteiger partial charge is 0.447 e. The van der Waals surface area contributed by atoms with Gasteiger partial charge in [0.1, 0.15) is 6.61 Å². The number of amides is 1. The van der Waals surface area contributed by atoms with Gasteiger partial charge in [-0.25, -0.2) is 4.79 Å². The number of rotatable bonds is 9. The Labute approximate surface area is 191 Å². The quantitative estimate of drug-likeness (QED) is 0.411. The third kappa shape index (κ3) is 6.41. The summed E-state index contributed by atoms with van der Waals surface area (Å²) in [4.78, 5) is 17.2. The zero-order valence-corrected chi connectivity index (χ0v) is 19.3. The van der Waals surface area contributed by atoms with E-state index in [0.29, 0.717) is 18.4 Å². The van der Waals surface area contributed by atoms with Gasteiger partial charge in [-0.15, -0.1) is 0 Å². The van der Waals surface area contributed by atoms with Gasteiger partial charge < -0.3 is 10.1 Å². The van der Waals surface area contributed by atoms with Gasteiger partial charge in [0.15, 0.2) is 0 Å². The molecule has 0 spiro atoms. The maximum atomic E-state index is 12.8. The summed E-state index contributed by atoms with van der Waals surface area (Å²) in [6.45, 7) is 9.31. The van der Waals surface area contributed by atoms with Gasteiger partial charge in [-0.3, -0.25) is 10.3 Å². The number of carbonyl (C=O) groups excluding carboxylic acids is 1. The van der Waals surface area contributed by atoms with Crippen LogP contribution in [-0.4, -0.2) is 17.7 Å². The molecule has 3 aromatic rings. The summed E-state index contributed by atoms with van der Waals surface area (Å²) >= 11 is 0. The van der Waals surface area contributed by atoms with Gasteiger partial charge in [0, 0.05) is 12.7 Å². The van der Waals surface area contributed by atoms with Gasteiger partial charge in [0.25, 0.3) is 0 Å². The van der Waals surface area contributed by atoms with E-state index in [1.54, 1.807) is 6.20 Å². The van der Waals surface area contributed by atoms with Crippen molar-refractivity contribution in [3.63, 3.8) is 0 Å². The van der Waals surface area contributed by atoms with Crippen LogP contribution in [0, 0.1) is 0 Å². The van der Waals surface area contributed by atoms with Gasteiger partial charge in [-0.1, -0.05) is 82.3 Å². The predicted molar refractivity (Wildman–Crippen MR) is 130 cm³/mol. The van der Waals surface area contributed by atoms with Gasteiger partial charge in [0.2, 0.25) is 0 Å². The minimum absolute atomic E-state index is 0.145. The van der Waals surface area contributed by atoms with Crippen molar-refractivity contribution < 1.29 is 9.53 Å². The first-order valence-electron chi connectivity index (χ1n) is 11.2. The number of nitrogens with one attached hydrogen (secondary N) is 2. The van der Waals surface area contributed by atoms with Gasteiger partial charge in [-0.2, -0.15) is 0 Å². The molecule has 1 aromatic heterocycles. The first-order chi connectivity index (χ1) is 15.5. The summed E-state index contributed by atoms with van der Waals surface area (Å²) in [5, 5.41) is 6.48. The van der Waals surface area contributed by atoms with E-state index >= 15 is 0 Å². The molecule has 0 fully saturated rings. The average molecular weight is 432 g/mol. The molecule has 0 aliphatic carbocycles. The predicted octanol–water partition coefficient (Wildman–Crippen LogP) is 6.41. The number of nitrogens with zero attached hydrogens (tertiary/aromatic N) is 1. The minimum atomic E-state index is -0.444. The number of hydrogen-bond acceptors (Lipinski definition) is 4. The number of hydrogen-bond donors (Lipinski definition) is 2. The van der Waals surface area contributed by atoms with E-state index in [-0.39, 0.29) is 12.6 Å². The normalized spacial score (nSPS) is 12.1. The Bertz CT molecular complexity index is 962. The number of para-hydroxylation sites is 1. The second kappa shape index (κ2) is 11.4. The molecule has 0 aliphatic heterocycles. The molecular weight excluding hydrogens is 398 g/mol.